The first-order valence-corrected chi connectivity index (χ1v) is 7.45. The maximum absolute atomic E-state index is 12.5. The van der Waals surface area contributed by atoms with Gasteiger partial charge in [0.15, 0.2) is 5.96 Å². The van der Waals surface area contributed by atoms with E-state index in [9.17, 15) is 4.79 Å². The van der Waals surface area contributed by atoms with E-state index in [0.29, 0.717) is 27.7 Å². The minimum atomic E-state index is -0.363. The SMILES string of the molecule is COc1ccc(Cl)cc1NC(=O)c1cccc(N=C(N)N=C(N)N)c1. The lowest BCUT2D eigenvalue weighted by atomic mass is 10.2. The zero-order chi connectivity index (χ0) is 18.4. The van der Waals surface area contributed by atoms with Gasteiger partial charge < -0.3 is 27.3 Å². The summed E-state index contributed by atoms with van der Waals surface area (Å²) in [6.45, 7) is 0. The second kappa shape index (κ2) is 8.02. The van der Waals surface area contributed by atoms with Gasteiger partial charge >= 0.3 is 0 Å². The highest BCUT2D eigenvalue weighted by atomic mass is 35.5. The second-order valence-electron chi connectivity index (χ2n) is 4.86. The maximum Gasteiger partial charge on any atom is 0.255 e. The number of guanidine groups is 2. The van der Waals surface area contributed by atoms with Crippen LogP contribution >= 0.6 is 11.6 Å². The van der Waals surface area contributed by atoms with Crippen LogP contribution in [0.15, 0.2) is 52.4 Å². The van der Waals surface area contributed by atoms with Crippen molar-refractivity contribution >= 4 is 40.8 Å². The number of rotatable bonds is 4. The maximum atomic E-state index is 12.5. The fourth-order valence-corrected chi connectivity index (χ4v) is 2.15. The number of hydrogen-bond acceptors (Lipinski definition) is 3. The standard InChI is InChI=1S/C16H17ClN6O2/c1-25-13-6-5-10(17)8-12(13)22-14(24)9-3-2-4-11(7-9)21-16(20)23-15(18)19/h2-8H,1H3,(H,22,24)(H6,18,19,20,21,23). The topological polar surface area (TPSA) is 141 Å². The largest absolute Gasteiger partial charge is 0.495 e. The van der Waals surface area contributed by atoms with Gasteiger partial charge in [-0.15, -0.1) is 0 Å². The minimum absolute atomic E-state index is 0.117. The summed E-state index contributed by atoms with van der Waals surface area (Å²) in [5, 5.41) is 3.21. The van der Waals surface area contributed by atoms with Gasteiger partial charge in [0.1, 0.15) is 5.75 Å². The molecule has 0 aliphatic heterocycles. The number of carbonyl (C=O) groups is 1. The van der Waals surface area contributed by atoms with Gasteiger partial charge in [-0.05, 0) is 36.4 Å². The number of nitrogens with one attached hydrogen (secondary N) is 1. The molecule has 130 valence electrons. The molecule has 1 amide bonds. The van der Waals surface area contributed by atoms with E-state index in [4.69, 9.17) is 33.5 Å². The van der Waals surface area contributed by atoms with E-state index in [1.807, 2.05) is 0 Å². The van der Waals surface area contributed by atoms with Gasteiger partial charge in [0, 0.05) is 10.6 Å². The molecule has 25 heavy (non-hydrogen) atoms. The van der Waals surface area contributed by atoms with Crippen LogP contribution in [-0.2, 0) is 0 Å². The Bertz CT molecular complexity index is 846. The van der Waals surface area contributed by atoms with Crippen LogP contribution in [0, 0.1) is 0 Å². The molecule has 2 aromatic rings. The predicted octanol–water partition coefficient (Wildman–Crippen LogP) is 1.82. The average molecular weight is 361 g/mol. The Balaban J connectivity index is 2.25. The van der Waals surface area contributed by atoms with Crippen molar-refractivity contribution in [1.82, 2.24) is 0 Å². The summed E-state index contributed by atoms with van der Waals surface area (Å²) in [5.74, 6) is -0.195. The minimum Gasteiger partial charge on any atom is -0.495 e. The van der Waals surface area contributed by atoms with Gasteiger partial charge in [-0.2, -0.15) is 4.99 Å². The van der Waals surface area contributed by atoms with Gasteiger partial charge in [0.2, 0.25) is 5.96 Å². The van der Waals surface area contributed by atoms with Crippen LogP contribution < -0.4 is 27.3 Å². The number of nitrogens with zero attached hydrogens (tertiary/aromatic N) is 2. The quantitative estimate of drug-likeness (QED) is 0.486. The predicted molar refractivity (Wildman–Crippen MR) is 99.5 cm³/mol. The smallest absolute Gasteiger partial charge is 0.255 e. The first-order chi connectivity index (χ1) is 11.9. The molecule has 0 spiro atoms. The van der Waals surface area contributed by atoms with Crippen LogP contribution in [0.3, 0.4) is 0 Å². The van der Waals surface area contributed by atoms with Gasteiger partial charge in [-0.1, -0.05) is 17.7 Å². The Morgan fingerprint density at radius 2 is 1.92 bits per heavy atom. The molecular formula is C16H17ClN6O2. The number of aliphatic imine (C=N–C) groups is 2. The lowest BCUT2D eigenvalue weighted by Crippen LogP contribution is -2.26. The summed E-state index contributed by atoms with van der Waals surface area (Å²) in [7, 11) is 1.50. The third kappa shape index (κ3) is 5.11. The normalized spacial score (nSPS) is 10.9. The monoisotopic (exact) mass is 360 g/mol. The lowest BCUT2D eigenvalue weighted by molar-refractivity contribution is 0.102. The molecule has 0 radical (unpaired) electrons. The molecule has 2 rings (SSSR count). The number of ether oxygens (including phenoxy) is 1. The molecule has 0 saturated carbocycles. The van der Waals surface area contributed by atoms with E-state index >= 15 is 0 Å². The first-order valence-electron chi connectivity index (χ1n) is 7.08. The lowest BCUT2D eigenvalue weighted by Gasteiger charge is -2.10. The summed E-state index contributed by atoms with van der Waals surface area (Å²) in [4.78, 5) is 20.1. The number of nitrogens with two attached hydrogens (primary N) is 3. The van der Waals surface area contributed by atoms with Gasteiger partial charge in [0.05, 0.1) is 18.5 Å². The third-order valence-corrected chi connectivity index (χ3v) is 3.24. The van der Waals surface area contributed by atoms with Gasteiger partial charge in [0.25, 0.3) is 5.91 Å². The Morgan fingerprint density at radius 3 is 2.60 bits per heavy atom. The highest BCUT2D eigenvalue weighted by molar-refractivity contribution is 6.31. The summed E-state index contributed by atoms with van der Waals surface area (Å²) >= 11 is 5.96. The molecule has 8 nitrogen and oxygen atoms in total. The first kappa shape index (κ1) is 18.1. The van der Waals surface area contributed by atoms with Crippen molar-refractivity contribution in [2.45, 2.75) is 0 Å². The molecule has 0 aliphatic rings. The Kier molecular flexibility index (Phi) is 5.80. The molecule has 0 unspecified atom stereocenters. The van der Waals surface area contributed by atoms with Crippen LogP contribution in [0.2, 0.25) is 5.02 Å². The number of anilines is 1. The number of amides is 1. The fraction of sp³-hybridized carbons (Fsp3) is 0.0625. The van der Waals surface area contributed by atoms with Crippen LogP contribution in [0.25, 0.3) is 0 Å². The van der Waals surface area contributed by atoms with Crippen LogP contribution in [-0.4, -0.2) is 24.9 Å². The van der Waals surface area contributed by atoms with Crippen molar-refractivity contribution in [1.29, 1.82) is 0 Å². The van der Waals surface area contributed by atoms with E-state index in [2.05, 4.69) is 15.3 Å². The molecule has 0 aliphatic carbocycles. The van der Waals surface area contributed by atoms with E-state index in [1.165, 1.54) is 7.11 Å². The second-order valence-corrected chi connectivity index (χ2v) is 5.29. The molecule has 0 heterocycles. The van der Waals surface area contributed by atoms with E-state index in [1.54, 1.807) is 42.5 Å². The van der Waals surface area contributed by atoms with Crippen LogP contribution in [0.5, 0.6) is 5.75 Å². The molecule has 0 aromatic heterocycles. The zero-order valence-electron chi connectivity index (χ0n) is 13.4. The Morgan fingerprint density at radius 1 is 1.16 bits per heavy atom. The molecule has 0 atom stereocenters. The number of halogens is 1. The van der Waals surface area contributed by atoms with E-state index in [-0.39, 0.29) is 17.8 Å². The van der Waals surface area contributed by atoms with Crippen molar-refractivity contribution in [3.05, 3.63) is 53.1 Å². The number of hydrogen-bond donors (Lipinski definition) is 4. The van der Waals surface area contributed by atoms with Gasteiger partial charge in [-0.3, -0.25) is 4.79 Å². The molecule has 7 N–H and O–H groups in total. The van der Waals surface area contributed by atoms with Gasteiger partial charge in [-0.25, -0.2) is 4.99 Å². The molecular weight excluding hydrogens is 344 g/mol. The molecule has 2 aromatic carbocycles. The van der Waals surface area contributed by atoms with Crippen molar-refractivity contribution in [3.63, 3.8) is 0 Å². The summed E-state index contributed by atoms with van der Waals surface area (Å²) in [6.07, 6.45) is 0. The van der Waals surface area contributed by atoms with E-state index in [0.717, 1.165) is 0 Å². The van der Waals surface area contributed by atoms with E-state index < -0.39 is 0 Å². The zero-order valence-corrected chi connectivity index (χ0v) is 14.1. The van der Waals surface area contributed by atoms with Crippen molar-refractivity contribution in [2.75, 3.05) is 12.4 Å². The third-order valence-electron chi connectivity index (χ3n) is 3.01. The van der Waals surface area contributed by atoms with Crippen molar-refractivity contribution in [3.8, 4) is 5.75 Å². The van der Waals surface area contributed by atoms with Crippen LogP contribution in [0.1, 0.15) is 10.4 Å². The average Bonchev–Trinajstić information content (AvgIpc) is 2.54. The summed E-state index contributed by atoms with van der Waals surface area (Å²) in [5.41, 5.74) is 17.3. The highest BCUT2D eigenvalue weighted by Gasteiger charge is 2.11. The fourth-order valence-electron chi connectivity index (χ4n) is 1.98. The summed E-state index contributed by atoms with van der Waals surface area (Å²) < 4.78 is 5.20. The number of carbonyl (C=O) groups excluding carboxylic acids is 1. The highest BCUT2D eigenvalue weighted by Crippen LogP contribution is 2.28. The molecule has 0 bridgehead atoms. The molecule has 0 saturated heterocycles. The Hall–Kier alpha value is -3.26. The Labute approximate surface area is 149 Å². The number of methoxy groups -OCH3 is 1. The number of benzene rings is 2. The molecule has 0 fully saturated rings. The molecule has 9 heteroatoms. The van der Waals surface area contributed by atoms with Crippen molar-refractivity contribution < 1.29 is 9.53 Å². The summed E-state index contributed by atoms with van der Waals surface area (Å²) in [6, 6.07) is 11.4. The van der Waals surface area contributed by atoms with Crippen molar-refractivity contribution in [2.24, 2.45) is 27.2 Å². The van der Waals surface area contributed by atoms with Crippen LogP contribution in [0.4, 0.5) is 11.4 Å².